The normalized spacial score (nSPS) is 17.1. The predicted molar refractivity (Wildman–Crippen MR) is 59.1 cm³/mol. The van der Waals surface area contributed by atoms with Crippen molar-refractivity contribution in [3.8, 4) is 0 Å². The van der Waals surface area contributed by atoms with Gasteiger partial charge in [-0.25, -0.2) is 0 Å². The van der Waals surface area contributed by atoms with E-state index in [-0.39, 0.29) is 18.6 Å². The Labute approximate surface area is 94.6 Å². The van der Waals surface area contributed by atoms with Gasteiger partial charge in [-0.15, -0.1) is 0 Å². The fourth-order valence-corrected chi connectivity index (χ4v) is 1.90. The average molecular weight is 223 g/mol. The lowest BCUT2D eigenvalue weighted by molar-refractivity contribution is 0.0895. The van der Waals surface area contributed by atoms with Gasteiger partial charge in [-0.2, -0.15) is 0 Å². The molecule has 4 heteroatoms. The molecular weight excluding hydrogens is 206 g/mol. The Hall–Kier alpha value is -1.29. The Kier molecular flexibility index (Phi) is 3.29. The van der Waals surface area contributed by atoms with Crippen molar-refractivity contribution in [1.82, 2.24) is 5.32 Å². The number of carbonyl (C=O) groups excluding carboxylic acids is 1. The number of furan rings is 1. The summed E-state index contributed by atoms with van der Waals surface area (Å²) >= 11 is 0. The molecule has 0 spiro atoms. The highest BCUT2D eigenvalue weighted by molar-refractivity contribution is 5.93. The van der Waals surface area contributed by atoms with Gasteiger partial charge in [0.1, 0.15) is 0 Å². The van der Waals surface area contributed by atoms with Crippen LogP contribution >= 0.6 is 0 Å². The quantitative estimate of drug-likeness (QED) is 0.794. The van der Waals surface area contributed by atoms with Crippen molar-refractivity contribution in [3.05, 3.63) is 23.7 Å². The Morgan fingerprint density at radius 1 is 1.69 bits per heavy atom. The molecule has 1 heterocycles. The van der Waals surface area contributed by atoms with Crippen LogP contribution in [0.15, 0.2) is 16.7 Å². The molecule has 1 aromatic rings. The predicted octanol–water partition coefficient (Wildman–Crippen LogP) is 1.48. The third kappa shape index (κ3) is 2.44. The lowest BCUT2D eigenvalue weighted by Crippen LogP contribution is -2.37. The minimum Gasteiger partial charge on any atom is -0.459 e. The van der Waals surface area contributed by atoms with Gasteiger partial charge in [0, 0.05) is 18.2 Å². The van der Waals surface area contributed by atoms with Gasteiger partial charge in [0.05, 0.1) is 6.26 Å². The highest BCUT2D eigenvalue weighted by atomic mass is 16.3. The number of carbonyl (C=O) groups is 1. The molecule has 0 aromatic carbocycles. The van der Waals surface area contributed by atoms with E-state index in [2.05, 4.69) is 5.32 Å². The molecule has 1 amide bonds. The number of rotatable bonds is 5. The van der Waals surface area contributed by atoms with Gasteiger partial charge >= 0.3 is 0 Å². The third-order valence-corrected chi connectivity index (χ3v) is 3.02. The highest BCUT2D eigenvalue weighted by Crippen LogP contribution is 2.34. The SMILES string of the molecule is Cc1ccoc1C(=O)NC(CCO)C1CC1. The maximum atomic E-state index is 11.9. The zero-order chi connectivity index (χ0) is 11.5. The van der Waals surface area contributed by atoms with E-state index in [0.717, 1.165) is 18.4 Å². The van der Waals surface area contributed by atoms with E-state index in [0.29, 0.717) is 18.1 Å². The van der Waals surface area contributed by atoms with Gasteiger partial charge in [-0.3, -0.25) is 4.79 Å². The summed E-state index contributed by atoms with van der Waals surface area (Å²) in [4.78, 5) is 11.9. The number of aliphatic hydroxyl groups excluding tert-OH is 1. The molecule has 0 aliphatic heterocycles. The first-order chi connectivity index (χ1) is 7.72. The van der Waals surface area contributed by atoms with Crippen molar-refractivity contribution < 1.29 is 14.3 Å². The summed E-state index contributed by atoms with van der Waals surface area (Å²) in [5.74, 6) is 0.739. The van der Waals surface area contributed by atoms with Crippen LogP contribution in [0.25, 0.3) is 0 Å². The highest BCUT2D eigenvalue weighted by Gasteiger charge is 2.32. The van der Waals surface area contributed by atoms with Crippen molar-refractivity contribution in [2.24, 2.45) is 5.92 Å². The first-order valence-electron chi connectivity index (χ1n) is 5.68. The van der Waals surface area contributed by atoms with E-state index < -0.39 is 0 Å². The van der Waals surface area contributed by atoms with Crippen molar-refractivity contribution in [2.75, 3.05) is 6.61 Å². The lowest BCUT2D eigenvalue weighted by atomic mass is 10.1. The monoisotopic (exact) mass is 223 g/mol. The summed E-state index contributed by atoms with van der Waals surface area (Å²) in [5.41, 5.74) is 0.844. The molecule has 1 fully saturated rings. The molecule has 0 radical (unpaired) electrons. The molecule has 1 unspecified atom stereocenters. The van der Waals surface area contributed by atoms with E-state index in [1.807, 2.05) is 6.92 Å². The van der Waals surface area contributed by atoms with Gasteiger partial charge in [0.25, 0.3) is 5.91 Å². The second-order valence-corrected chi connectivity index (χ2v) is 4.36. The molecular formula is C12H17NO3. The fraction of sp³-hybridized carbons (Fsp3) is 0.583. The van der Waals surface area contributed by atoms with E-state index in [1.54, 1.807) is 6.07 Å². The Balaban J connectivity index is 1.97. The molecule has 1 aromatic heterocycles. The van der Waals surface area contributed by atoms with E-state index in [9.17, 15) is 4.79 Å². The first-order valence-corrected chi connectivity index (χ1v) is 5.68. The molecule has 16 heavy (non-hydrogen) atoms. The summed E-state index contributed by atoms with van der Waals surface area (Å²) in [7, 11) is 0. The van der Waals surface area contributed by atoms with Crippen molar-refractivity contribution in [2.45, 2.75) is 32.2 Å². The molecule has 0 bridgehead atoms. The maximum Gasteiger partial charge on any atom is 0.287 e. The summed E-state index contributed by atoms with van der Waals surface area (Å²) < 4.78 is 5.13. The van der Waals surface area contributed by atoms with E-state index >= 15 is 0 Å². The molecule has 1 aliphatic carbocycles. The maximum absolute atomic E-state index is 11.9. The molecule has 88 valence electrons. The lowest BCUT2D eigenvalue weighted by Gasteiger charge is -2.16. The van der Waals surface area contributed by atoms with Gasteiger partial charge in [-0.05, 0) is 38.2 Å². The van der Waals surface area contributed by atoms with Crippen LogP contribution in [0.3, 0.4) is 0 Å². The zero-order valence-electron chi connectivity index (χ0n) is 9.40. The minimum absolute atomic E-state index is 0.0852. The molecule has 1 atom stereocenters. The second-order valence-electron chi connectivity index (χ2n) is 4.36. The number of hydrogen-bond acceptors (Lipinski definition) is 3. The number of aryl methyl sites for hydroxylation is 1. The summed E-state index contributed by atoms with van der Waals surface area (Å²) in [6.07, 6.45) is 4.42. The van der Waals surface area contributed by atoms with Crippen LogP contribution in [-0.4, -0.2) is 23.7 Å². The number of aliphatic hydroxyl groups is 1. The van der Waals surface area contributed by atoms with Gasteiger partial charge < -0.3 is 14.8 Å². The van der Waals surface area contributed by atoms with Crippen molar-refractivity contribution in [3.63, 3.8) is 0 Å². The van der Waals surface area contributed by atoms with E-state index in [1.165, 1.54) is 6.26 Å². The minimum atomic E-state index is -0.173. The van der Waals surface area contributed by atoms with Crippen LogP contribution in [0.1, 0.15) is 35.4 Å². The zero-order valence-corrected chi connectivity index (χ0v) is 9.40. The Bertz CT molecular complexity index is 368. The molecule has 4 nitrogen and oxygen atoms in total. The first kappa shape index (κ1) is 11.2. The van der Waals surface area contributed by atoms with Crippen LogP contribution < -0.4 is 5.32 Å². The molecule has 1 saturated carbocycles. The van der Waals surface area contributed by atoms with E-state index in [4.69, 9.17) is 9.52 Å². The average Bonchev–Trinajstić information content (AvgIpc) is 3.00. The number of hydrogen-bond donors (Lipinski definition) is 2. The summed E-state index contributed by atoms with van der Waals surface area (Å²) in [5, 5.41) is 11.9. The smallest absolute Gasteiger partial charge is 0.287 e. The van der Waals surface area contributed by atoms with Gasteiger partial charge in [0.15, 0.2) is 5.76 Å². The van der Waals surface area contributed by atoms with Crippen LogP contribution in [0, 0.1) is 12.8 Å². The molecule has 1 aliphatic rings. The number of amides is 1. The largest absolute Gasteiger partial charge is 0.459 e. The van der Waals surface area contributed by atoms with Crippen LogP contribution in [0.5, 0.6) is 0 Å². The van der Waals surface area contributed by atoms with Gasteiger partial charge in [-0.1, -0.05) is 0 Å². The standard InChI is InChI=1S/C12H17NO3/c1-8-5-7-16-11(8)12(15)13-10(4-6-14)9-2-3-9/h5,7,9-10,14H,2-4,6H2,1H3,(H,13,15). The second kappa shape index (κ2) is 4.70. The van der Waals surface area contributed by atoms with Crippen molar-refractivity contribution in [1.29, 1.82) is 0 Å². The topological polar surface area (TPSA) is 62.5 Å². The molecule has 2 N–H and O–H groups in total. The molecule has 0 saturated heterocycles. The fourth-order valence-electron chi connectivity index (χ4n) is 1.90. The Morgan fingerprint density at radius 2 is 2.44 bits per heavy atom. The molecule has 2 rings (SSSR count). The van der Waals surface area contributed by atoms with Crippen LogP contribution in [0.4, 0.5) is 0 Å². The number of nitrogens with one attached hydrogen (secondary N) is 1. The van der Waals surface area contributed by atoms with Crippen LogP contribution in [0.2, 0.25) is 0 Å². The summed E-state index contributed by atoms with van der Waals surface area (Å²) in [6.45, 7) is 1.95. The van der Waals surface area contributed by atoms with Crippen molar-refractivity contribution >= 4 is 5.91 Å². The van der Waals surface area contributed by atoms with Gasteiger partial charge in [0.2, 0.25) is 0 Å². The third-order valence-electron chi connectivity index (χ3n) is 3.02. The summed E-state index contributed by atoms with van der Waals surface area (Å²) in [6, 6.07) is 1.86. The Morgan fingerprint density at radius 3 is 2.94 bits per heavy atom. The van der Waals surface area contributed by atoms with Crippen LogP contribution in [-0.2, 0) is 0 Å².